The van der Waals surface area contributed by atoms with Crippen molar-refractivity contribution in [2.75, 3.05) is 51.7 Å². The van der Waals surface area contributed by atoms with E-state index in [9.17, 15) is 9.59 Å². The van der Waals surface area contributed by atoms with Crippen LogP contribution in [0.3, 0.4) is 0 Å². The molecule has 0 aromatic heterocycles. The number of nitrogens with zero attached hydrogens (tertiary/aromatic N) is 2. The highest BCUT2D eigenvalue weighted by Crippen LogP contribution is 2.25. The zero-order valence-corrected chi connectivity index (χ0v) is 18.4. The fraction of sp³-hybridized carbons (Fsp3) is 0.391. The second kappa shape index (κ2) is 11.2. The fourth-order valence-corrected chi connectivity index (χ4v) is 3.20. The highest BCUT2D eigenvalue weighted by Gasteiger charge is 2.18. The van der Waals surface area contributed by atoms with E-state index in [1.807, 2.05) is 49.0 Å². The lowest BCUT2D eigenvalue weighted by Gasteiger charge is -2.26. The number of methoxy groups -OCH3 is 2. The van der Waals surface area contributed by atoms with Gasteiger partial charge in [0.05, 0.1) is 7.11 Å². The van der Waals surface area contributed by atoms with Crippen LogP contribution in [0.15, 0.2) is 42.5 Å². The van der Waals surface area contributed by atoms with Crippen LogP contribution in [0.5, 0.6) is 5.75 Å². The molecule has 0 radical (unpaired) electrons. The first kappa shape index (κ1) is 23.2. The molecule has 0 saturated carbocycles. The molecular weight excluding hydrogens is 382 g/mol. The summed E-state index contributed by atoms with van der Waals surface area (Å²) in [6.45, 7) is 3.09. The van der Waals surface area contributed by atoms with Gasteiger partial charge in [0, 0.05) is 51.2 Å². The maximum Gasteiger partial charge on any atom is 0.254 e. The van der Waals surface area contributed by atoms with Gasteiger partial charge in [-0.05, 0) is 54.4 Å². The number of carbonyl (C=O) groups excluding carboxylic acids is 2. The Balaban J connectivity index is 2.30. The molecule has 162 valence electrons. The van der Waals surface area contributed by atoms with Crippen LogP contribution in [0.4, 0.5) is 11.4 Å². The quantitative estimate of drug-likeness (QED) is 0.646. The van der Waals surface area contributed by atoms with E-state index in [0.717, 1.165) is 17.7 Å². The van der Waals surface area contributed by atoms with Crippen LogP contribution in [0, 0.1) is 0 Å². The van der Waals surface area contributed by atoms with Crippen LogP contribution < -0.4 is 15.0 Å². The second-order valence-electron chi connectivity index (χ2n) is 7.17. The van der Waals surface area contributed by atoms with Gasteiger partial charge >= 0.3 is 0 Å². The lowest BCUT2D eigenvalue weighted by Crippen LogP contribution is -2.32. The van der Waals surface area contributed by atoms with Crippen LogP contribution in [0.2, 0.25) is 0 Å². The molecule has 30 heavy (non-hydrogen) atoms. The van der Waals surface area contributed by atoms with E-state index < -0.39 is 0 Å². The molecule has 0 fully saturated rings. The summed E-state index contributed by atoms with van der Waals surface area (Å²) in [7, 11) is 6.99. The van der Waals surface area contributed by atoms with Crippen molar-refractivity contribution in [2.45, 2.75) is 19.9 Å². The molecule has 0 spiro atoms. The maximum atomic E-state index is 13.2. The topological polar surface area (TPSA) is 71.1 Å². The van der Waals surface area contributed by atoms with Gasteiger partial charge in [-0.3, -0.25) is 9.59 Å². The predicted octanol–water partition coefficient (Wildman–Crippen LogP) is 3.40. The summed E-state index contributed by atoms with van der Waals surface area (Å²) >= 11 is 0. The van der Waals surface area contributed by atoms with E-state index in [-0.39, 0.29) is 18.4 Å². The van der Waals surface area contributed by atoms with Crippen molar-refractivity contribution in [1.29, 1.82) is 0 Å². The minimum absolute atomic E-state index is 0.0112. The zero-order valence-electron chi connectivity index (χ0n) is 18.4. The molecule has 0 saturated heterocycles. The Morgan fingerprint density at radius 3 is 2.30 bits per heavy atom. The molecule has 7 nitrogen and oxygen atoms in total. The van der Waals surface area contributed by atoms with Gasteiger partial charge in [-0.1, -0.05) is 6.92 Å². The van der Waals surface area contributed by atoms with Crippen molar-refractivity contribution in [2.24, 2.45) is 0 Å². The number of anilines is 2. The number of hydrogen-bond donors (Lipinski definition) is 1. The van der Waals surface area contributed by atoms with Gasteiger partial charge in [0.25, 0.3) is 5.91 Å². The standard InChI is InChI=1S/C23H31N3O4/c1-6-13-26(23(28)17-7-10-20(30-5)11-8-17)15-18-14-19(24-22(27)16-29-4)9-12-21(18)25(2)3/h7-12,14H,6,13,15-16H2,1-5H3,(H,24,27). The van der Waals surface area contributed by atoms with E-state index in [1.54, 1.807) is 31.4 Å². The number of nitrogens with one attached hydrogen (secondary N) is 1. The molecule has 2 aromatic rings. The highest BCUT2D eigenvalue weighted by atomic mass is 16.5. The Bertz CT molecular complexity index is 850. The van der Waals surface area contributed by atoms with Crippen molar-refractivity contribution in [3.63, 3.8) is 0 Å². The average molecular weight is 414 g/mol. The van der Waals surface area contributed by atoms with Gasteiger partial charge in [-0.15, -0.1) is 0 Å². The molecule has 0 bridgehead atoms. The number of carbonyl (C=O) groups is 2. The maximum absolute atomic E-state index is 13.2. The van der Waals surface area contributed by atoms with Gasteiger partial charge < -0.3 is 24.6 Å². The number of hydrogen-bond acceptors (Lipinski definition) is 5. The fourth-order valence-electron chi connectivity index (χ4n) is 3.20. The van der Waals surface area contributed by atoms with Crippen LogP contribution >= 0.6 is 0 Å². The van der Waals surface area contributed by atoms with Gasteiger partial charge in [0.15, 0.2) is 0 Å². The highest BCUT2D eigenvalue weighted by molar-refractivity contribution is 5.94. The van der Waals surface area contributed by atoms with Gasteiger partial charge in [0.1, 0.15) is 12.4 Å². The van der Waals surface area contributed by atoms with Crippen LogP contribution in [-0.2, 0) is 16.1 Å². The molecule has 0 aliphatic heterocycles. The Hall–Kier alpha value is -3.06. The van der Waals surface area contributed by atoms with Crippen LogP contribution in [-0.4, -0.2) is 58.2 Å². The number of benzene rings is 2. The van der Waals surface area contributed by atoms with Crippen molar-refractivity contribution >= 4 is 23.2 Å². The molecule has 0 heterocycles. The van der Waals surface area contributed by atoms with Crippen molar-refractivity contribution in [1.82, 2.24) is 4.90 Å². The lowest BCUT2D eigenvalue weighted by atomic mass is 10.1. The summed E-state index contributed by atoms with van der Waals surface area (Å²) in [5.41, 5.74) is 3.22. The van der Waals surface area contributed by atoms with Gasteiger partial charge in [-0.25, -0.2) is 0 Å². The predicted molar refractivity (Wildman–Crippen MR) is 119 cm³/mol. The number of rotatable bonds is 10. The largest absolute Gasteiger partial charge is 0.497 e. The molecule has 0 atom stereocenters. The Kier molecular flexibility index (Phi) is 8.68. The van der Waals surface area contributed by atoms with Crippen LogP contribution in [0.1, 0.15) is 29.3 Å². The van der Waals surface area contributed by atoms with Crippen molar-refractivity contribution < 1.29 is 19.1 Å². The Morgan fingerprint density at radius 1 is 1.03 bits per heavy atom. The summed E-state index contributed by atoms with van der Waals surface area (Å²) in [4.78, 5) is 28.9. The Morgan fingerprint density at radius 2 is 1.73 bits per heavy atom. The third kappa shape index (κ3) is 6.22. The minimum atomic E-state index is -0.222. The van der Waals surface area contributed by atoms with E-state index in [1.165, 1.54) is 7.11 Å². The van der Waals surface area contributed by atoms with Crippen molar-refractivity contribution in [3.05, 3.63) is 53.6 Å². The summed E-state index contributed by atoms with van der Waals surface area (Å²) in [6, 6.07) is 12.8. The molecule has 1 N–H and O–H groups in total. The first-order valence-corrected chi connectivity index (χ1v) is 9.92. The SMILES string of the molecule is CCCN(Cc1cc(NC(=O)COC)ccc1N(C)C)C(=O)c1ccc(OC)cc1. The van der Waals surface area contributed by atoms with E-state index in [2.05, 4.69) is 5.32 Å². The molecule has 0 aliphatic carbocycles. The summed E-state index contributed by atoms with van der Waals surface area (Å²) < 4.78 is 10.1. The molecule has 0 aliphatic rings. The van der Waals surface area contributed by atoms with Crippen molar-refractivity contribution in [3.8, 4) is 5.75 Å². The minimum Gasteiger partial charge on any atom is -0.497 e. The number of ether oxygens (including phenoxy) is 2. The molecular formula is C23H31N3O4. The van der Waals surface area contributed by atoms with E-state index in [4.69, 9.17) is 9.47 Å². The summed E-state index contributed by atoms with van der Waals surface area (Å²) in [5, 5.41) is 2.83. The molecule has 2 rings (SSSR count). The second-order valence-corrected chi connectivity index (χ2v) is 7.17. The van der Waals surface area contributed by atoms with Gasteiger partial charge in [0.2, 0.25) is 5.91 Å². The summed E-state index contributed by atoms with van der Waals surface area (Å²) in [5.74, 6) is 0.446. The normalized spacial score (nSPS) is 10.4. The van der Waals surface area contributed by atoms with Gasteiger partial charge in [-0.2, -0.15) is 0 Å². The summed E-state index contributed by atoms with van der Waals surface area (Å²) in [6.07, 6.45) is 0.837. The van der Waals surface area contributed by atoms with E-state index in [0.29, 0.717) is 30.1 Å². The van der Waals surface area contributed by atoms with E-state index >= 15 is 0 Å². The van der Waals surface area contributed by atoms with Crippen LogP contribution in [0.25, 0.3) is 0 Å². The Labute approximate surface area is 178 Å². The first-order valence-electron chi connectivity index (χ1n) is 9.92. The first-order chi connectivity index (χ1) is 14.4. The molecule has 2 amide bonds. The lowest BCUT2D eigenvalue weighted by molar-refractivity contribution is -0.119. The zero-order chi connectivity index (χ0) is 22.1. The molecule has 2 aromatic carbocycles. The third-order valence-electron chi connectivity index (χ3n) is 4.60. The molecule has 7 heteroatoms. The number of amides is 2. The average Bonchev–Trinajstić information content (AvgIpc) is 2.73. The monoisotopic (exact) mass is 413 g/mol. The molecule has 0 unspecified atom stereocenters. The third-order valence-corrected chi connectivity index (χ3v) is 4.60. The smallest absolute Gasteiger partial charge is 0.254 e.